The Kier molecular flexibility index (Phi) is 23.0. The van der Waals surface area contributed by atoms with Crippen LogP contribution in [-0.4, -0.2) is 97.2 Å². The predicted octanol–water partition coefficient (Wildman–Crippen LogP) is 15.0. The summed E-state index contributed by atoms with van der Waals surface area (Å²) in [5.41, 5.74) is -0.273. The average molecular weight is 1930 g/mol. The van der Waals surface area contributed by atoms with E-state index in [9.17, 15) is 67.3 Å². The zero-order chi connectivity index (χ0) is 90.7. The van der Waals surface area contributed by atoms with Crippen LogP contribution in [0, 0.1) is 55.4 Å². The standard InChI is InChI=1S/C88H72N16O16S8.Cu/c1-49-9-25-57(26-10-49)121(105,106)97-73-41-65-66(42-74(73)98-122(107,108)58-27-11-50(2)12-28-58)82-89-81(65)93-83-67-43-75(99-123(109,110)59-29-13-51(3)14-30-59)76(100-124(111,112)60-31-15-52(4)16-32-60)44-68(67)85(90-83)95-87-71-47-79(103-127(117,118)63-37-21-55(7)22-38-63)80(104-128(119,120)64-39-23-56(8)24-40-64)48-72(71)88(92-87)96-86-70-46-78(102-126(115,116)62-35-19-54(6)20-36-62)77(45-69(70)84(91-86)94-82)101-125(113,114)61-33-17-53(5)18-34-61;/h9-48,97-104H,1-8H3;/q-2;+2. The van der Waals surface area contributed by atoms with Crippen molar-refractivity contribution in [2.75, 3.05) is 37.8 Å². The van der Waals surface area contributed by atoms with Crippen molar-refractivity contribution in [3.8, 4) is 45.6 Å². The molecule has 0 spiro atoms. The molecule has 0 saturated heterocycles. The van der Waals surface area contributed by atoms with Crippen molar-refractivity contribution < 1.29 is 84.4 Å². The molecular weight excluding hydrogens is 1860 g/mol. The minimum Gasteiger partial charge on any atom is -0.357 e. The molecule has 2 aliphatic rings. The molecule has 2 aliphatic heterocycles. The average Bonchev–Trinajstić information content (AvgIpc) is 1.58. The van der Waals surface area contributed by atoms with Crippen LogP contribution in [0.3, 0.4) is 0 Å². The van der Waals surface area contributed by atoms with Gasteiger partial charge >= 0.3 is 17.1 Å². The Labute approximate surface area is 753 Å². The van der Waals surface area contributed by atoms with Crippen molar-refractivity contribution in [2.45, 2.75) is 94.6 Å². The first-order chi connectivity index (χ1) is 60.5. The quantitative estimate of drug-likeness (QED) is 0.0260. The first-order valence-electron chi connectivity index (χ1n) is 38.7. The van der Waals surface area contributed by atoms with Gasteiger partial charge in [0.25, 0.3) is 80.2 Å². The Hall–Kier alpha value is -13.5. The van der Waals surface area contributed by atoms with Crippen molar-refractivity contribution in [3.05, 3.63) is 287 Å². The van der Waals surface area contributed by atoms with Gasteiger partial charge in [0.05, 0.1) is 108 Å². The molecule has 129 heavy (non-hydrogen) atoms. The van der Waals surface area contributed by atoms with Crippen LogP contribution in [0.4, 0.5) is 45.5 Å². The fourth-order valence-corrected chi connectivity index (χ4v) is 22.5. The molecule has 8 bridgehead atoms. The summed E-state index contributed by atoms with van der Waals surface area (Å²) in [4.78, 5) is 38.3. The van der Waals surface area contributed by atoms with Gasteiger partial charge in [0.15, 0.2) is 0 Å². The molecule has 0 fully saturated rings. The van der Waals surface area contributed by atoms with E-state index in [1.54, 1.807) is 55.4 Å². The molecule has 12 aromatic carbocycles. The summed E-state index contributed by atoms with van der Waals surface area (Å²) in [6.07, 6.45) is 0. The zero-order valence-electron chi connectivity index (χ0n) is 68.8. The molecule has 32 nitrogen and oxygen atoms in total. The van der Waals surface area contributed by atoms with Crippen molar-refractivity contribution >= 4 is 170 Å². The number of hydrogen-bond donors (Lipinski definition) is 8. The topological polar surface area (TPSA) is 475 Å². The molecular formula is C88H72CuN16O16S8. The molecule has 0 aliphatic carbocycles. The Morgan fingerprint density at radius 1 is 0.186 bits per heavy atom. The predicted molar refractivity (Wildman–Crippen MR) is 490 cm³/mol. The molecule has 0 unspecified atom stereocenters. The number of sulfonamides is 8. The molecule has 659 valence electrons. The van der Waals surface area contributed by atoms with E-state index >= 15 is 0 Å². The molecule has 5 heterocycles. The number of aromatic nitrogens is 8. The summed E-state index contributed by atoms with van der Waals surface area (Å²) in [7, 11) is -37.7. The number of aryl methyl sites for hydroxylation is 8. The number of anilines is 8. The molecule has 0 amide bonds. The van der Waals surface area contributed by atoms with Crippen molar-refractivity contribution in [2.24, 2.45) is 0 Å². The van der Waals surface area contributed by atoms with Gasteiger partial charge < -0.3 is 29.9 Å². The molecule has 41 heteroatoms. The van der Waals surface area contributed by atoms with E-state index in [1.165, 1.54) is 243 Å². The Morgan fingerprint density at radius 2 is 0.310 bits per heavy atom. The summed E-state index contributed by atoms with van der Waals surface area (Å²) in [5.74, 6) is -1.68. The van der Waals surface area contributed by atoms with Gasteiger partial charge in [-0.3, -0.25) is 37.8 Å². The summed E-state index contributed by atoms with van der Waals surface area (Å²) in [5, 5.41) is -0.582. The number of hydrogen-bond acceptors (Lipinski definition) is 22. The van der Waals surface area contributed by atoms with Crippen LogP contribution in [0.1, 0.15) is 44.5 Å². The van der Waals surface area contributed by atoms with Crippen molar-refractivity contribution in [1.82, 2.24) is 39.9 Å². The van der Waals surface area contributed by atoms with Crippen LogP contribution in [0.5, 0.6) is 0 Å². The van der Waals surface area contributed by atoms with E-state index in [-0.39, 0.29) is 100 Å². The van der Waals surface area contributed by atoms with Crippen LogP contribution < -0.4 is 47.7 Å². The van der Waals surface area contributed by atoms with Crippen LogP contribution >= 0.6 is 0 Å². The summed E-state index contributed by atoms with van der Waals surface area (Å²) in [6, 6.07) is 55.4. The minimum absolute atomic E-state index is 0. The third-order valence-corrected chi connectivity index (χ3v) is 31.9. The summed E-state index contributed by atoms with van der Waals surface area (Å²) < 4.78 is 259. The Balaban J connectivity index is 0.0000122. The fourth-order valence-electron chi connectivity index (χ4n) is 13.9. The maximum absolute atomic E-state index is 14.9. The second-order valence-corrected chi connectivity index (χ2v) is 44.1. The van der Waals surface area contributed by atoms with E-state index in [2.05, 4.69) is 37.8 Å². The van der Waals surface area contributed by atoms with E-state index in [0.29, 0.717) is 44.5 Å². The molecule has 8 N–H and O–H groups in total. The first kappa shape index (κ1) is 88.9. The van der Waals surface area contributed by atoms with Crippen LogP contribution in [0.15, 0.2) is 282 Å². The second-order valence-electron chi connectivity index (χ2n) is 30.6. The summed E-state index contributed by atoms with van der Waals surface area (Å²) in [6.45, 7) is 13.9. The third kappa shape index (κ3) is 18.2. The van der Waals surface area contributed by atoms with Crippen molar-refractivity contribution in [3.63, 3.8) is 0 Å². The number of nitrogens with zero attached hydrogens (tertiary/aromatic N) is 8. The Bertz CT molecular complexity index is 7390. The normalized spacial score (nSPS) is 12.5. The van der Waals surface area contributed by atoms with E-state index in [0.717, 1.165) is 0 Å². The SMILES string of the molecule is Cc1ccc(S(=O)(=O)Nc2cc3c(cc2NS(=O)(=O)c2ccc(C)cc2)-c2nc-3nc3[n-]c(nc4nc(nc5[n-]c(n2)c2cc(NS(=O)(=O)c6ccc(C)cc6)c(NS(=O)(=O)c6ccc(C)cc6)cc52)-c2cc(NS(=O)(=O)c5ccc(C)cc5)c(NS(=O)(=O)c5ccc(C)cc5)cc2-4)c2cc(NS(=O)(=O)c4ccc(C)cc4)c(NS(=O)(=O)c4ccc(C)cc4)cc32)cc1.[Cu+2]. The molecule has 17 rings (SSSR count). The number of benzene rings is 12. The van der Waals surface area contributed by atoms with E-state index < -0.39 is 172 Å². The largest absolute Gasteiger partial charge is 2.00 e. The monoisotopic (exact) mass is 1930 g/mol. The van der Waals surface area contributed by atoms with Gasteiger partial charge in [0.1, 0.15) is 0 Å². The second kappa shape index (κ2) is 33.3. The first-order valence-corrected chi connectivity index (χ1v) is 50.6. The number of fused-ring (bicyclic) bond motifs is 20. The van der Waals surface area contributed by atoms with Crippen LogP contribution in [0.2, 0.25) is 0 Å². The molecule has 0 atom stereocenters. The third-order valence-electron chi connectivity index (χ3n) is 20.9. The van der Waals surface area contributed by atoms with Gasteiger partial charge in [0, 0.05) is 44.8 Å². The molecule has 3 aromatic heterocycles. The maximum Gasteiger partial charge on any atom is 2.00 e. The van der Waals surface area contributed by atoms with E-state index in [1.807, 2.05) is 0 Å². The van der Waals surface area contributed by atoms with Gasteiger partial charge in [0.2, 0.25) is 0 Å². The maximum atomic E-state index is 14.9. The van der Waals surface area contributed by atoms with Gasteiger partial charge in [-0.05, 0) is 223 Å². The summed E-state index contributed by atoms with van der Waals surface area (Å²) >= 11 is 0. The zero-order valence-corrected chi connectivity index (χ0v) is 76.2. The van der Waals surface area contributed by atoms with Gasteiger partial charge in [-0.2, -0.15) is 0 Å². The van der Waals surface area contributed by atoms with Gasteiger partial charge in [-0.15, -0.1) is 0 Å². The minimum atomic E-state index is -4.71. The van der Waals surface area contributed by atoms with E-state index in [4.69, 9.17) is 39.9 Å². The Morgan fingerprint density at radius 3 is 0.442 bits per heavy atom. The fraction of sp³-hybridized carbons (Fsp3) is 0.0909. The van der Waals surface area contributed by atoms with Crippen molar-refractivity contribution in [1.29, 1.82) is 0 Å². The molecule has 0 saturated carbocycles. The molecule has 1 radical (unpaired) electrons. The van der Waals surface area contributed by atoms with Gasteiger partial charge in [-0.1, -0.05) is 142 Å². The van der Waals surface area contributed by atoms with Crippen LogP contribution in [-0.2, 0) is 97.3 Å². The number of nitrogens with one attached hydrogen (secondary N) is 8. The smallest absolute Gasteiger partial charge is 0.357 e. The van der Waals surface area contributed by atoms with Gasteiger partial charge in [-0.25, -0.2) is 77.3 Å². The number of rotatable bonds is 24. The molecule has 15 aromatic rings. The van der Waals surface area contributed by atoms with Crippen LogP contribution in [0.25, 0.3) is 89.7 Å².